The molecule has 2 fully saturated rings. The highest BCUT2D eigenvalue weighted by Crippen LogP contribution is 2.23. The minimum Gasteiger partial charge on any atom is -0.372 e. The molecule has 5 heteroatoms. The fraction of sp³-hybridized carbons (Fsp3) is 0.391. The standard InChI is InChI=1S/C23H27N3O2/c27-22(17-18-6-10-21(11-7-18)26-16-4-5-23(26)28)24-19-8-12-20(13-9-19)25-14-2-1-3-15-25/h6-13H,1-5,14-17H2,(H,24,27). The van der Waals surface area contributed by atoms with Gasteiger partial charge in [0.05, 0.1) is 6.42 Å². The van der Waals surface area contributed by atoms with Crippen LogP contribution < -0.4 is 15.1 Å². The van der Waals surface area contributed by atoms with Gasteiger partial charge >= 0.3 is 0 Å². The van der Waals surface area contributed by atoms with E-state index in [4.69, 9.17) is 0 Å². The zero-order valence-electron chi connectivity index (χ0n) is 16.2. The van der Waals surface area contributed by atoms with Crippen LogP contribution in [-0.4, -0.2) is 31.4 Å². The summed E-state index contributed by atoms with van der Waals surface area (Å²) in [6.45, 7) is 3.02. The van der Waals surface area contributed by atoms with Gasteiger partial charge in [0.25, 0.3) is 0 Å². The number of nitrogens with one attached hydrogen (secondary N) is 1. The Morgan fingerprint density at radius 1 is 0.821 bits per heavy atom. The van der Waals surface area contributed by atoms with Gasteiger partial charge in [0.15, 0.2) is 0 Å². The quantitative estimate of drug-likeness (QED) is 0.857. The summed E-state index contributed by atoms with van der Waals surface area (Å²) in [5, 5.41) is 2.98. The van der Waals surface area contributed by atoms with Gasteiger partial charge in [0.1, 0.15) is 0 Å². The summed E-state index contributed by atoms with van der Waals surface area (Å²) < 4.78 is 0. The number of rotatable bonds is 5. The van der Waals surface area contributed by atoms with Crippen molar-refractivity contribution in [2.24, 2.45) is 0 Å². The van der Waals surface area contributed by atoms with Gasteiger partial charge in [-0.25, -0.2) is 0 Å². The highest BCUT2D eigenvalue weighted by atomic mass is 16.2. The van der Waals surface area contributed by atoms with E-state index in [2.05, 4.69) is 22.3 Å². The van der Waals surface area contributed by atoms with Crippen LogP contribution >= 0.6 is 0 Å². The van der Waals surface area contributed by atoms with Gasteiger partial charge in [-0.05, 0) is 67.6 Å². The van der Waals surface area contributed by atoms with Crippen LogP contribution in [0.5, 0.6) is 0 Å². The largest absolute Gasteiger partial charge is 0.372 e. The molecule has 2 aromatic rings. The molecular weight excluding hydrogens is 350 g/mol. The van der Waals surface area contributed by atoms with Crippen LogP contribution in [0.3, 0.4) is 0 Å². The molecule has 0 unspecified atom stereocenters. The van der Waals surface area contributed by atoms with E-state index in [0.29, 0.717) is 12.8 Å². The van der Waals surface area contributed by atoms with Crippen LogP contribution in [-0.2, 0) is 16.0 Å². The predicted octanol–water partition coefficient (Wildman–Crippen LogP) is 3.98. The Bertz CT molecular complexity index is 824. The van der Waals surface area contributed by atoms with Crippen molar-refractivity contribution in [2.75, 3.05) is 34.8 Å². The van der Waals surface area contributed by atoms with Crippen molar-refractivity contribution < 1.29 is 9.59 Å². The van der Waals surface area contributed by atoms with E-state index in [1.807, 2.05) is 41.3 Å². The number of nitrogens with zero attached hydrogens (tertiary/aromatic N) is 2. The zero-order valence-corrected chi connectivity index (χ0v) is 16.2. The number of benzene rings is 2. The molecule has 0 aliphatic carbocycles. The molecule has 0 aromatic heterocycles. The maximum absolute atomic E-state index is 12.4. The smallest absolute Gasteiger partial charge is 0.228 e. The molecule has 1 N–H and O–H groups in total. The summed E-state index contributed by atoms with van der Waals surface area (Å²) >= 11 is 0. The summed E-state index contributed by atoms with van der Waals surface area (Å²) in [6, 6.07) is 15.8. The van der Waals surface area contributed by atoms with Crippen LogP contribution in [0.1, 0.15) is 37.7 Å². The van der Waals surface area contributed by atoms with E-state index in [0.717, 1.165) is 43.0 Å². The SMILES string of the molecule is O=C(Cc1ccc(N2CCCC2=O)cc1)Nc1ccc(N2CCCCC2)cc1. The average molecular weight is 377 g/mol. The van der Waals surface area contributed by atoms with Gasteiger partial charge in [0.2, 0.25) is 11.8 Å². The predicted molar refractivity (Wildman–Crippen MR) is 113 cm³/mol. The number of hydrogen-bond donors (Lipinski definition) is 1. The lowest BCUT2D eigenvalue weighted by molar-refractivity contribution is -0.117. The number of carbonyl (C=O) groups is 2. The third-order valence-corrected chi connectivity index (χ3v) is 5.56. The molecule has 0 saturated carbocycles. The second-order valence-electron chi connectivity index (χ2n) is 7.63. The van der Waals surface area contributed by atoms with Crippen LogP contribution in [0.4, 0.5) is 17.1 Å². The number of hydrogen-bond acceptors (Lipinski definition) is 3. The molecule has 2 heterocycles. The fourth-order valence-electron chi connectivity index (χ4n) is 4.01. The van der Waals surface area contributed by atoms with Crippen LogP contribution in [0.15, 0.2) is 48.5 Å². The van der Waals surface area contributed by atoms with Gasteiger partial charge in [-0.1, -0.05) is 12.1 Å². The first kappa shape index (κ1) is 18.5. The van der Waals surface area contributed by atoms with E-state index >= 15 is 0 Å². The molecule has 28 heavy (non-hydrogen) atoms. The number of amides is 2. The summed E-state index contributed by atoms with van der Waals surface area (Å²) in [6.07, 6.45) is 5.69. The lowest BCUT2D eigenvalue weighted by Gasteiger charge is -2.28. The Balaban J connectivity index is 1.32. The molecule has 146 valence electrons. The molecule has 0 spiro atoms. The Morgan fingerprint density at radius 2 is 1.50 bits per heavy atom. The molecule has 2 aliphatic heterocycles. The number of piperidine rings is 1. The highest BCUT2D eigenvalue weighted by Gasteiger charge is 2.21. The minimum absolute atomic E-state index is 0.0317. The summed E-state index contributed by atoms with van der Waals surface area (Å²) in [4.78, 5) is 28.4. The molecule has 0 bridgehead atoms. The molecule has 2 saturated heterocycles. The van der Waals surface area contributed by atoms with Crippen LogP contribution in [0.25, 0.3) is 0 Å². The minimum atomic E-state index is -0.0317. The van der Waals surface area contributed by atoms with E-state index in [9.17, 15) is 9.59 Å². The Hall–Kier alpha value is -2.82. The van der Waals surface area contributed by atoms with Gasteiger partial charge in [0, 0.05) is 43.1 Å². The Morgan fingerprint density at radius 3 is 2.14 bits per heavy atom. The van der Waals surface area contributed by atoms with Crippen LogP contribution in [0, 0.1) is 0 Å². The molecule has 4 rings (SSSR count). The zero-order chi connectivity index (χ0) is 19.3. The molecule has 2 aromatic carbocycles. The van der Waals surface area contributed by atoms with Crippen molar-refractivity contribution in [1.29, 1.82) is 0 Å². The third kappa shape index (κ3) is 4.35. The van der Waals surface area contributed by atoms with Crippen molar-refractivity contribution in [3.8, 4) is 0 Å². The van der Waals surface area contributed by atoms with Gasteiger partial charge in [-0.3, -0.25) is 9.59 Å². The maximum atomic E-state index is 12.4. The fourth-order valence-corrected chi connectivity index (χ4v) is 4.01. The molecule has 5 nitrogen and oxygen atoms in total. The first-order valence-electron chi connectivity index (χ1n) is 10.2. The Labute approximate surface area is 166 Å². The molecular formula is C23H27N3O2. The normalized spacial score (nSPS) is 17.1. The average Bonchev–Trinajstić information content (AvgIpc) is 3.16. The molecule has 0 atom stereocenters. The lowest BCUT2D eigenvalue weighted by atomic mass is 10.1. The first-order chi connectivity index (χ1) is 13.7. The van der Waals surface area contributed by atoms with Gasteiger partial charge in [-0.15, -0.1) is 0 Å². The van der Waals surface area contributed by atoms with E-state index < -0.39 is 0 Å². The van der Waals surface area contributed by atoms with Crippen molar-refractivity contribution in [1.82, 2.24) is 0 Å². The summed E-state index contributed by atoms with van der Waals surface area (Å²) in [7, 11) is 0. The molecule has 2 amide bonds. The first-order valence-corrected chi connectivity index (χ1v) is 10.2. The number of anilines is 3. The van der Waals surface area contributed by atoms with E-state index in [1.165, 1.54) is 24.9 Å². The maximum Gasteiger partial charge on any atom is 0.228 e. The summed E-state index contributed by atoms with van der Waals surface area (Å²) in [5.74, 6) is 0.147. The van der Waals surface area contributed by atoms with Crippen molar-refractivity contribution in [3.63, 3.8) is 0 Å². The monoisotopic (exact) mass is 377 g/mol. The number of carbonyl (C=O) groups excluding carboxylic acids is 2. The Kier molecular flexibility index (Phi) is 5.60. The van der Waals surface area contributed by atoms with Crippen molar-refractivity contribution in [3.05, 3.63) is 54.1 Å². The molecule has 2 aliphatic rings. The van der Waals surface area contributed by atoms with Crippen molar-refractivity contribution >= 4 is 28.9 Å². The van der Waals surface area contributed by atoms with Crippen LogP contribution in [0.2, 0.25) is 0 Å². The third-order valence-electron chi connectivity index (χ3n) is 5.56. The highest BCUT2D eigenvalue weighted by molar-refractivity contribution is 5.95. The van der Waals surface area contributed by atoms with Gasteiger partial charge < -0.3 is 15.1 Å². The molecule has 0 radical (unpaired) electrons. The second kappa shape index (κ2) is 8.46. The lowest BCUT2D eigenvalue weighted by Crippen LogP contribution is -2.29. The van der Waals surface area contributed by atoms with Gasteiger partial charge in [-0.2, -0.15) is 0 Å². The summed E-state index contributed by atoms with van der Waals surface area (Å²) in [5.41, 5.74) is 3.91. The van der Waals surface area contributed by atoms with Crippen molar-refractivity contribution in [2.45, 2.75) is 38.5 Å². The second-order valence-corrected chi connectivity index (χ2v) is 7.63. The topological polar surface area (TPSA) is 52.7 Å². The van der Waals surface area contributed by atoms with E-state index in [-0.39, 0.29) is 11.8 Å². The van der Waals surface area contributed by atoms with E-state index in [1.54, 1.807) is 0 Å².